The van der Waals surface area contributed by atoms with Gasteiger partial charge in [-0.2, -0.15) is 0 Å². The van der Waals surface area contributed by atoms with Gasteiger partial charge in [0.1, 0.15) is 11.5 Å². The minimum absolute atomic E-state index is 0.174. The Kier molecular flexibility index (Phi) is 7.18. The summed E-state index contributed by atoms with van der Waals surface area (Å²) in [4.78, 5) is 33.7. The summed E-state index contributed by atoms with van der Waals surface area (Å²) in [5, 5.41) is 0. The summed E-state index contributed by atoms with van der Waals surface area (Å²) in [7, 11) is 1.62. The highest BCUT2D eigenvalue weighted by atomic mass is 16.5. The number of methoxy groups -OCH3 is 1. The lowest BCUT2D eigenvalue weighted by atomic mass is 9.89. The Morgan fingerprint density at radius 3 is 2.51 bits per heavy atom. The van der Waals surface area contributed by atoms with Crippen molar-refractivity contribution in [2.24, 2.45) is 5.92 Å². The smallest absolute Gasteiger partial charge is 0.321 e. The van der Waals surface area contributed by atoms with Crippen molar-refractivity contribution in [1.29, 1.82) is 0 Å². The highest BCUT2D eigenvalue weighted by Crippen LogP contribution is 2.42. The molecule has 8 heteroatoms. The number of nitrogens with zero attached hydrogens (tertiary/aromatic N) is 3. The van der Waals surface area contributed by atoms with E-state index in [4.69, 9.17) is 19.2 Å². The third kappa shape index (κ3) is 4.80. The number of hydrogen-bond donors (Lipinski definition) is 0. The second-order valence-electron chi connectivity index (χ2n) is 8.77. The summed E-state index contributed by atoms with van der Waals surface area (Å²) < 4.78 is 18.7. The fourth-order valence-electron chi connectivity index (χ4n) is 4.81. The molecule has 0 bridgehead atoms. The topological polar surface area (TPSA) is 82.9 Å². The molecule has 8 nitrogen and oxygen atoms in total. The third-order valence-electron chi connectivity index (χ3n) is 6.39. The third-order valence-corrected chi connectivity index (χ3v) is 6.39. The Bertz CT molecular complexity index is 1400. The van der Waals surface area contributed by atoms with Crippen molar-refractivity contribution in [2.75, 3.05) is 31.8 Å². The van der Waals surface area contributed by atoms with Gasteiger partial charge in [0.25, 0.3) is 0 Å². The molecule has 1 aliphatic heterocycles. The van der Waals surface area contributed by atoms with E-state index in [0.29, 0.717) is 37.0 Å². The van der Waals surface area contributed by atoms with E-state index in [1.165, 1.54) is 0 Å². The summed E-state index contributed by atoms with van der Waals surface area (Å²) in [6, 6.07) is 24.0. The van der Waals surface area contributed by atoms with Crippen LogP contribution in [0.1, 0.15) is 24.9 Å². The molecule has 0 radical (unpaired) electrons. The maximum Gasteiger partial charge on any atom is 0.321 e. The van der Waals surface area contributed by atoms with Crippen molar-refractivity contribution in [2.45, 2.75) is 19.4 Å². The van der Waals surface area contributed by atoms with Crippen LogP contribution in [0.5, 0.6) is 11.5 Å². The predicted molar refractivity (Wildman–Crippen MR) is 140 cm³/mol. The van der Waals surface area contributed by atoms with Gasteiger partial charge in [0.05, 0.1) is 23.7 Å². The van der Waals surface area contributed by atoms with Crippen molar-refractivity contribution in [3.8, 4) is 11.5 Å². The van der Waals surface area contributed by atoms with Crippen LogP contribution < -0.4 is 9.64 Å². The Labute approximate surface area is 215 Å². The molecule has 4 aromatic rings. The number of ether oxygens (including phenoxy) is 3. The number of amides is 1. The first-order valence-corrected chi connectivity index (χ1v) is 12.4. The van der Waals surface area contributed by atoms with Crippen molar-refractivity contribution in [3.63, 3.8) is 0 Å². The molecule has 0 saturated heterocycles. The maximum absolute atomic E-state index is 13.9. The molecule has 0 N–H and O–H groups in total. The Morgan fingerprint density at radius 2 is 1.73 bits per heavy atom. The molecule has 1 aliphatic rings. The van der Waals surface area contributed by atoms with Gasteiger partial charge in [0.2, 0.25) is 11.9 Å². The molecule has 0 fully saturated rings. The van der Waals surface area contributed by atoms with Gasteiger partial charge in [-0.15, -0.1) is 0 Å². The molecule has 1 aromatic heterocycles. The normalized spacial score (nSPS) is 17.0. The first-order chi connectivity index (χ1) is 18.1. The molecule has 0 aliphatic carbocycles. The number of benzene rings is 3. The number of fused-ring (bicyclic) bond motifs is 3. The SMILES string of the molecule is CCOC(=O)[C@@H]1C(=O)N(CCCOC)c2nc3ccccc3n2[C@@H]1c1cccc(Oc2ccccc2)c1. The first kappa shape index (κ1) is 24.5. The second-order valence-corrected chi connectivity index (χ2v) is 8.77. The number of carbonyl (C=O) groups is 2. The molecule has 5 rings (SSSR count). The van der Waals surface area contributed by atoms with Gasteiger partial charge in [-0.25, -0.2) is 4.98 Å². The Hall–Kier alpha value is -4.17. The van der Waals surface area contributed by atoms with Crippen LogP contribution in [0.15, 0.2) is 78.9 Å². The number of anilines is 1. The summed E-state index contributed by atoms with van der Waals surface area (Å²) >= 11 is 0. The average Bonchev–Trinajstić information content (AvgIpc) is 3.29. The van der Waals surface area contributed by atoms with E-state index < -0.39 is 17.9 Å². The molecule has 37 heavy (non-hydrogen) atoms. The van der Waals surface area contributed by atoms with Gasteiger partial charge in [-0.05, 0) is 55.3 Å². The van der Waals surface area contributed by atoms with Crippen LogP contribution in [0, 0.1) is 5.92 Å². The van der Waals surface area contributed by atoms with Crippen LogP contribution in [0.25, 0.3) is 11.0 Å². The molecule has 2 heterocycles. The number of hydrogen-bond acceptors (Lipinski definition) is 6. The molecule has 3 aromatic carbocycles. The summed E-state index contributed by atoms with van der Waals surface area (Å²) in [6.45, 7) is 2.77. The fourth-order valence-corrected chi connectivity index (χ4v) is 4.81. The second kappa shape index (κ2) is 10.8. The molecular formula is C29H29N3O5. The lowest BCUT2D eigenvalue weighted by Gasteiger charge is -2.38. The molecule has 0 saturated carbocycles. The van der Waals surface area contributed by atoms with E-state index >= 15 is 0 Å². The van der Waals surface area contributed by atoms with E-state index in [0.717, 1.165) is 16.6 Å². The van der Waals surface area contributed by atoms with Crippen LogP contribution in [-0.4, -0.2) is 48.3 Å². The fraction of sp³-hybridized carbons (Fsp3) is 0.276. The quantitative estimate of drug-likeness (QED) is 0.184. The molecule has 1 amide bonds. The van der Waals surface area contributed by atoms with E-state index in [1.807, 2.05) is 83.4 Å². The minimum Gasteiger partial charge on any atom is -0.465 e. The zero-order valence-electron chi connectivity index (χ0n) is 20.9. The van der Waals surface area contributed by atoms with Crippen molar-refractivity contribution in [3.05, 3.63) is 84.4 Å². The number of aromatic nitrogens is 2. The minimum atomic E-state index is -1.08. The van der Waals surface area contributed by atoms with Crippen molar-refractivity contribution in [1.82, 2.24) is 9.55 Å². The van der Waals surface area contributed by atoms with Gasteiger partial charge in [0.15, 0.2) is 5.92 Å². The van der Waals surface area contributed by atoms with Gasteiger partial charge in [-0.3, -0.25) is 14.5 Å². The number of imidazole rings is 1. The number of esters is 1. The molecule has 2 atom stereocenters. The zero-order valence-corrected chi connectivity index (χ0v) is 20.9. The highest BCUT2D eigenvalue weighted by Gasteiger charge is 2.47. The van der Waals surface area contributed by atoms with Gasteiger partial charge in [-0.1, -0.05) is 42.5 Å². The van der Waals surface area contributed by atoms with Gasteiger partial charge < -0.3 is 18.8 Å². The summed E-state index contributed by atoms with van der Waals surface area (Å²) in [5.41, 5.74) is 2.32. The van der Waals surface area contributed by atoms with Crippen LogP contribution in [0.2, 0.25) is 0 Å². The number of rotatable bonds is 9. The van der Waals surface area contributed by atoms with Crippen LogP contribution in [0.3, 0.4) is 0 Å². The Balaban J connectivity index is 1.66. The van der Waals surface area contributed by atoms with Crippen LogP contribution in [-0.2, 0) is 19.1 Å². The maximum atomic E-state index is 13.9. The number of carbonyl (C=O) groups excluding carboxylic acids is 2. The van der Waals surface area contributed by atoms with Gasteiger partial charge >= 0.3 is 5.97 Å². The van der Waals surface area contributed by atoms with E-state index in [1.54, 1.807) is 18.9 Å². The molecular weight excluding hydrogens is 470 g/mol. The van der Waals surface area contributed by atoms with E-state index in [-0.39, 0.29) is 12.5 Å². The first-order valence-electron chi connectivity index (χ1n) is 12.4. The molecule has 0 unspecified atom stereocenters. The summed E-state index contributed by atoms with van der Waals surface area (Å²) in [5.74, 6) is -0.183. The largest absolute Gasteiger partial charge is 0.465 e. The molecule has 190 valence electrons. The number of para-hydroxylation sites is 3. The standard InChI is InChI=1S/C29H29N3O5/c1-3-36-28(34)25-26(20-11-9-14-22(19-20)37-21-12-5-4-6-13-21)32-24-16-8-7-15-23(24)30-29(32)31(27(25)33)17-10-18-35-2/h4-9,11-16,19,25-26H,3,10,17-18H2,1-2H3/t25-,26+/m0/s1. The predicted octanol–water partition coefficient (Wildman–Crippen LogP) is 4.98. The lowest BCUT2D eigenvalue weighted by molar-refractivity contribution is -0.153. The van der Waals surface area contributed by atoms with E-state index in [2.05, 4.69) is 0 Å². The van der Waals surface area contributed by atoms with Crippen LogP contribution >= 0.6 is 0 Å². The summed E-state index contributed by atoms with van der Waals surface area (Å²) in [6.07, 6.45) is 0.603. The van der Waals surface area contributed by atoms with Crippen molar-refractivity contribution < 1.29 is 23.8 Å². The average molecular weight is 500 g/mol. The molecule has 0 spiro atoms. The monoisotopic (exact) mass is 499 g/mol. The zero-order chi connectivity index (χ0) is 25.8. The van der Waals surface area contributed by atoms with Gasteiger partial charge in [0, 0.05) is 20.3 Å². The lowest BCUT2D eigenvalue weighted by Crippen LogP contribution is -2.50. The Morgan fingerprint density at radius 1 is 0.973 bits per heavy atom. The highest BCUT2D eigenvalue weighted by molar-refractivity contribution is 6.08. The van der Waals surface area contributed by atoms with E-state index in [9.17, 15) is 9.59 Å². The van der Waals surface area contributed by atoms with Crippen LogP contribution in [0.4, 0.5) is 5.95 Å². The van der Waals surface area contributed by atoms with Crippen molar-refractivity contribution >= 4 is 28.9 Å².